The van der Waals surface area contributed by atoms with Crippen molar-refractivity contribution in [2.75, 3.05) is 18.0 Å². The Morgan fingerprint density at radius 3 is 2.56 bits per heavy atom. The summed E-state index contributed by atoms with van der Waals surface area (Å²) in [6.07, 6.45) is -1.69. The minimum absolute atomic E-state index is 0.0136. The molecule has 9 nitrogen and oxygen atoms in total. The number of anilines is 1. The number of carbonyl (C=O) groups excluding carboxylic acids is 1. The van der Waals surface area contributed by atoms with E-state index in [1.807, 2.05) is 0 Å². The van der Waals surface area contributed by atoms with E-state index in [0.717, 1.165) is 6.07 Å². The molecule has 0 atom stereocenters. The second-order valence-corrected chi connectivity index (χ2v) is 7.95. The van der Waals surface area contributed by atoms with Crippen LogP contribution in [0.4, 0.5) is 23.5 Å². The topological polar surface area (TPSA) is 119 Å². The van der Waals surface area contributed by atoms with Gasteiger partial charge in [-0.25, -0.2) is 9.37 Å². The first-order valence-corrected chi connectivity index (χ1v) is 10.2. The number of primary amides is 1. The Kier molecular flexibility index (Phi) is 6.13. The Morgan fingerprint density at radius 2 is 1.94 bits per heavy atom. The molecule has 1 aromatic carbocycles. The lowest BCUT2D eigenvalue weighted by Gasteiger charge is -2.38. The highest BCUT2D eigenvalue weighted by molar-refractivity contribution is 5.92. The number of hydrogen-bond acceptors (Lipinski definition) is 7. The van der Waals surface area contributed by atoms with Crippen molar-refractivity contribution in [2.45, 2.75) is 31.2 Å². The SMILES string of the molecule is NC(=O)c1cnn(CC2(O)CCN(c3nc(Oc4cccc(F)c4)cc(C(F)(F)F)n3)CC2)c1. The molecule has 0 spiro atoms. The second-order valence-electron chi connectivity index (χ2n) is 7.95. The van der Waals surface area contributed by atoms with Crippen LogP contribution in [0.5, 0.6) is 11.6 Å². The molecule has 3 N–H and O–H groups in total. The predicted molar refractivity (Wildman–Crippen MR) is 111 cm³/mol. The van der Waals surface area contributed by atoms with Gasteiger partial charge < -0.3 is 20.5 Å². The predicted octanol–water partition coefficient (Wildman–Crippen LogP) is 2.75. The fourth-order valence-corrected chi connectivity index (χ4v) is 3.56. The molecule has 1 aliphatic heterocycles. The highest BCUT2D eigenvalue weighted by Gasteiger charge is 2.37. The molecule has 3 heterocycles. The minimum atomic E-state index is -4.76. The lowest BCUT2D eigenvalue weighted by Crippen LogP contribution is -2.47. The van der Waals surface area contributed by atoms with Crippen LogP contribution in [0.3, 0.4) is 0 Å². The van der Waals surface area contributed by atoms with Gasteiger partial charge in [-0.05, 0) is 25.0 Å². The molecule has 0 unspecified atom stereocenters. The average molecular weight is 480 g/mol. The fraction of sp³-hybridized carbons (Fsp3) is 0.333. The number of amides is 1. The number of nitrogens with zero attached hydrogens (tertiary/aromatic N) is 5. The summed E-state index contributed by atoms with van der Waals surface area (Å²) in [7, 11) is 0. The summed E-state index contributed by atoms with van der Waals surface area (Å²) >= 11 is 0. The lowest BCUT2D eigenvalue weighted by molar-refractivity contribution is -0.141. The summed E-state index contributed by atoms with van der Waals surface area (Å²) in [6.45, 7) is 0.383. The van der Waals surface area contributed by atoms with Crippen LogP contribution in [0, 0.1) is 5.82 Å². The molecule has 1 saturated heterocycles. The van der Waals surface area contributed by atoms with Gasteiger partial charge in [0.1, 0.15) is 11.6 Å². The van der Waals surface area contributed by atoms with E-state index >= 15 is 0 Å². The van der Waals surface area contributed by atoms with E-state index in [4.69, 9.17) is 10.5 Å². The number of aromatic nitrogens is 4. The van der Waals surface area contributed by atoms with Gasteiger partial charge in [-0.15, -0.1) is 0 Å². The molecule has 0 aliphatic carbocycles. The first-order valence-electron chi connectivity index (χ1n) is 10.2. The number of aliphatic hydroxyl groups is 1. The number of halogens is 4. The molecule has 3 aromatic rings. The van der Waals surface area contributed by atoms with Crippen LogP contribution < -0.4 is 15.4 Å². The molecule has 0 bridgehead atoms. The fourth-order valence-electron chi connectivity index (χ4n) is 3.56. The van der Waals surface area contributed by atoms with Crippen LogP contribution in [0.15, 0.2) is 42.7 Å². The Balaban J connectivity index is 1.51. The molecule has 13 heteroatoms. The molecule has 1 amide bonds. The molecule has 2 aromatic heterocycles. The number of carbonyl (C=O) groups is 1. The molecular weight excluding hydrogens is 460 g/mol. The molecule has 1 fully saturated rings. The third kappa shape index (κ3) is 5.42. The van der Waals surface area contributed by atoms with Gasteiger partial charge in [-0.3, -0.25) is 9.48 Å². The summed E-state index contributed by atoms with van der Waals surface area (Å²) in [6, 6.07) is 5.58. The van der Waals surface area contributed by atoms with Gasteiger partial charge in [-0.1, -0.05) is 6.07 Å². The van der Waals surface area contributed by atoms with Gasteiger partial charge in [0.2, 0.25) is 11.8 Å². The molecule has 0 radical (unpaired) electrons. The number of nitrogens with two attached hydrogens (primary N) is 1. The van der Waals surface area contributed by atoms with Gasteiger partial charge in [0.25, 0.3) is 5.91 Å². The van der Waals surface area contributed by atoms with E-state index < -0.39 is 29.2 Å². The maximum Gasteiger partial charge on any atom is 0.433 e. The van der Waals surface area contributed by atoms with Crippen molar-refractivity contribution in [2.24, 2.45) is 5.73 Å². The highest BCUT2D eigenvalue weighted by atomic mass is 19.4. The van der Waals surface area contributed by atoms with Gasteiger partial charge in [0.05, 0.1) is 23.9 Å². The Hall–Kier alpha value is -3.74. The summed E-state index contributed by atoms with van der Waals surface area (Å²) in [5.74, 6) is -1.89. The third-order valence-electron chi connectivity index (χ3n) is 5.35. The second kappa shape index (κ2) is 8.89. The Morgan fingerprint density at radius 1 is 1.21 bits per heavy atom. The number of hydrogen-bond donors (Lipinski definition) is 2. The normalized spacial score (nSPS) is 15.9. The van der Waals surface area contributed by atoms with Crippen LogP contribution in [0.25, 0.3) is 0 Å². The van der Waals surface area contributed by atoms with Gasteiger partial charge in [-0.2, -0.15) is 23.3 Å². The summed E-state index contributed by atoms with van der Waals surface area (Å²) in [5.41, 5.74) is 2.98. The first-order chi connectivity index (χ1) is 16.0. The average Bonchev–Trinajstić information content (AvgIpc) is 3.22. The largest absolute Gasteiger partial charge is 0.439 e. The van der Waals surface area contributed by atoms with Crippen molar-refractivity contribution >= 4 is 11.9 Å². The molecule has 34 heavy (non-hydrogen) atoms. The lowest BCUT2D eigenvalue weighted by atomic mass is 9.91. The van der Waals surface area contributed by atoms with Gasteiger partial charge >= 0.3 is 6.18 Å². The van der Waals surface area contributed by atoms with Crippen LogP contribution in [-0.4, -0.2) is 49.5 Å². The smallest absolute Gasteiger partial charge is 0.433 e. The molecule has 0 saturated carbocycles. The van der Waals surface area contributed by atoms with E-state index in [-0.39, 0.29) is 55.6 Å². The number of benzene rings is 1. The van der Waals surface area contributed by atoms with Crippen LogP contribution >= 0.6 is 0 Å². The van der Waals surface area contributed by atoms with Crippen molar-refractivity contribution in [1.82, 2.24) is 19.7 Å². The monoisotopic (exact) mass is 480 g/mol. The van der Waals surface area contributed by atoms with Crippen molar-refractivity contribution in [1.29, 1.82) is 0 Å². The number of piperidine rings is 1. The molecular formula is C21H20F4N6O3. The maximum atomic E-state index is 13.4. The van der Waals surface area contributed by atoms with E-state index in [1.54, 1.807) is 0 Å². The van der Waals surface area contributed by atoms with Crippen LogP contribution in [-0.2, 0) is 12.7 Å². The third-order valence-corrected chi connectivity index (χ3v) is 5.35. The summed E-state index contributed by atoms with van der Waals surface area (Å²) < 4.78 is 60.5. The van der Waals surface area contributed by atoms with Crippen molar-refractivity contribution < 1.29 is 32.2 Å². The number of ether oxygens (including phenoxy) is 1. The van der Waals surface area contributed by atoms with Gasteiger partial charge in [0.15, 0.2) is 5.69 Å². The standard InChI is InChI=1S/C21H20F4N6O3/c22-14-2-1-3-15(8-14)34-17-9-16(21(23,24)25)28-19(29-17)30-6-4-20(33,5-7-30)12-31-11-13(10-27-31)18(26)32/h1-3,8-11,33H,4-7,12H2,(H2,26,32). The van der Waals surface area contributed by atoms with Crippen LogP contribution in [0.1, 0.15) is 28.9 Å². The Bertz CT molecular complexity index is 1190. The zero-order valence-corrected chi connectivity index (χ0v) is 17.7. The molecule has 1 aliphatic rings. The van der Waals surface area contributed by atoms with Crippen molar-refractivity contribution in [3.63, 3.8) is 0 Å². The number of rotatable bonds is 6. The minimum Gasteiger partial charge on any atom is -0.439 e. The van der Waals surface area contributed by atoms with Gasteiger partial charge in [0, 0.05) is 31.4 Å². The van der Waals surface area contributed by atoms with E-state index in [0.29, 0.717) is 6.07 Å². The van der Waals surface area contributed by atoms with Crippen molar-refractivity contribution in [3.8, 4) is 11.6 Å². The quantitative estimate of drug-likeness (QED) is 0.521. The zero-order valence-electron chi connectivity index (χ0n) is 17.7. The highest BCUT2D eigenvalue weighted by Crippen LogP contribution is 2.34. The van der Waals surface area contributed by atoms with Crippen LogP contribution in [0.2, 0.25) is 0 Å². The van der Waals surface area contributed by atoms with E-state index in [9.17, 15) is 27.5 Å². The van der Waals surface area contributed by atoms with E-state index in [2.05, 4.69) is 15.1 Å². The number of alkyl halides is 3. The Labute approximate surface area is 190 Å². The zero-order chi connectivity index (χ0) is 24.5. The van der Waals surface area contributed by atoms with E-state index in [1.165, 1.54) is 40.2 Å². The summed E-state index contributed by atoms with van der Waals surface area (Å²) in [4.78, 5) is 20.4. The molecule has 4 rings (SSSR count). The first kappa shape index (κ1) is 23.4. The summed E-state index contributed by atoms with van der Waals surface area (Å²) in [5, 5.41) is 14.9. The van der Waals surface area contributed by atoms with Crippen molar-refractivity contribution in [3.05, 3.63) is 59.8 Å². The molecule has 180 valence electrons. The maximum absolute atomic E-state index is 13.4.